The summed E-state index contributed by atoms with van der Waals surface area (Å²) in [5.41, 5.74) is 1.63. The van der Waals surface area contributed by atoms with Crippen molar-refractivity contribution in [3.63, 3.8) is 0 Å². The van der Waals surface area contributed by atoms with Gasteiger partial charge in [0.2, 0.25) is 5.91 Å². The zero-order valence-electron chi connectivity index (χ0n) is 11.4. The summed E-state index contributed by atoms with van der Waals surface area (Å²) in [5, 5.41) is 16.2. The summed E-state index contributed by atoms with van der Waals surface area (Å²) >= 11 is 0. The monoisotopic (exact) mass is 262 g/mol. The number of carbonyl (C=O) groups excluding carboxylic acids is 1. The second-order valence-electron chi connectivity index (χ2n) is 5.21. The summed E-state index contributed by atoms with van der Waals surface area (Å²) in [6.07, 6.45) is 4.52. The maximum absolute atomic E-state index is 10.9. The molecule has 0 spiro atoms. The SMILES string of the molecule is CC(=O)Nc1ccc(C(O)CNC2CCCC2)cc1. The number of aliphatic hydroxyl groups is 1. The minimum atomic E-state index is -0.494. The average molecular weight is 262 g/mol. The largest absolute Gasteiger partial charge is 0.387 e. The van der Waals surface area contributed by atoms with Gasteiger partial charge < -0.3 is 15.7 Å². The van der Waals surface area contributed by atoms with Gasteiger partial charge in [-0.15, -0.1) is 0 Å². The number of amides is 1. The van der Waals surface area contributed by atoms with Crippen LogP contribution in [0.5, 0.6) is 0 Å². The summed E-state index contributed by atoms with van der Waals surface area (Å²) in [4.78, 5) is 10.9. The zero-order valence-corrected chi connectivity index (χ0v) is 11.4. The predicted octanol–water partition coefficient (Wildman–Crippen LogP) is 2.21. The molecule has 0 heterocycles. The standard InChI is InChI=1S/C15H22N2O2/c1-11(18)17-14-8-6-12(7-9-14)15(19)10-16-13-4-2-3-5-13/h6-9,13,15-16,19H,2-5,10H2,1H3,(H,17,18). The van der Waals surface area contributed by atoms with Crippen LogP contribution in [0.2, 0.25) is 0 Å². The van der Waals surface area contributed by atoms with Crippen LogP contribution < -0.4 is 10.6 Å². The van der Waals surface area contributed by atoms with Crippen LogP contribution in [0.4, 0.5) is 5.69 Å². The minimum absolute atomic E-state index is 0.0869. The van der Waals surface area contributed by atoms with Crippen molar-refractivity contribution >= 4 is 11.6 Å². The van der Waals surface area contributed by atoms with Gasteiger partial charge in [-0.05, 0) is 30.5 Å². The molecule has 1 aliphatic carbocycles. The molecule has 1 aromatic carbocycles. The molecule has 0 aromatic heterocycles. The van der Waals surface area contributed by atoms with Crippen LogP contribution in [-0.2, 0) is 4.79 Å². The number of hydrogen-bond donors (Lipinski definition) is 3. The predicted molar refractivity (Wildman–Crippen MR) is 76.0 cm³/mol. The van der Waals surface area contributed by atoms with E-state index in [1.54, 1.807) is 0 Å². The Morgan fingerprint density at radius 3 is 2.53 bits per heavy atom. The fourth-order valence-electron chi connectivity index (χ4n) is 2.52. The first-order valence-corrected chi connectivity index (χ1v) is 6.94. The molecule has 1 unspecified atom stereocenters. The van der Waals surface area contributed by atoms with Crippen LogP contribution in [0.1, 0.15) is 44.3 Å². The third kappa shape index (κ3) is 4.33. The first kappa shape index (κ1) is 14.0. The molecular formula is C15H22N2O2. The lowest BCUT2D eigenvalue weighted by Gasteiger charge is -2.16. The smallest absolute Gasteiger partial charge is 0.221 e. The average Bonchev–Trinajstić information content (AvgIpc) is 2.89. The van der Waals surface area contributed by atoms with Crippen LogP contribution in [0, 0.1) is 0 Å². The maximum Gasteiger partial charge on any atom is 0.221 e. The van der Waals surface area contributed by atoms with Crippen molar-refractivity contribution in [3.05, 3.63) is 29.8 Å². The van der Waals surface area contributed by atoms with E-state index in [1.807, 2.05) is 24.3 Å². The molecule has 3 N–H and O–H groups in total. The molecule has 104 valence electrons. The minimum Gasteiger partial charge on any atom is -0.387 e. The number of benzene rings is 1. The van der Waals surface area contributed by atoms with Gasteiger partial charge in [-0.1, -0.05) is 25.0 Å². The van der Waals surface area contributed by atoms with E-state index in [1.165, 1.54) is 32.6 Å². The van der Waals surface area contributed by atoms with E-state index in [0.717, 1.165) is 11.3 Å². The lowest BCUT2D eigenvalue weighted by molar-refractivity contribution is -0.114. The normalized spacial score (nSPS) is 17.4. The third-order valence-electron chi connectivity index (χ3n) is 3.57. The van der Waals surface area contributed by atoms with Crippen molar-refractivity contribution in [2.75, 3.05) is 11.9 Å². The Morgan fingerprint density at radius 2 is 1.95 bits per heavy atom. The molecule has 1 aromatic rings. The highest BCUT2D eigenvalue weighted by Crippen LogP contribution is 2.20. The quantitative estimate of drug-likeness (QED) is 0.762. The second kappa shape index (κ2) is 6.68. The second-order valence-corrected chi connectivity index (χ2v) is 5.21. The van der Waals surface area contributed by atoms with Gasteiger partial charge in [0.05, 0.1) is 6.10 Å². The highest BCUT2D eigenvalue weighted by molar-refractivity contribution is 5.88. The molecule has 0 aliphatic heterocycles. The molecule has 2 rings (SSSR count). The van der Waals surface area contributed by atoms with Crippen LogP contribution in [0.15, 0.2) is 24.3 Å². The first-order chi connectivity index (χ1) is 9.15. The van der Waals surface area contributed by atoms with E-state index in [0.29, 0.717) is 12.6 Å². The molecule has 4 heteroatoms. The number of hydrogen-bond acceptors (Lipinski definition) is 3. The van der Waals surface area contributed by atoms with Crippen molar-refractivity contribution in [2.24, 2.45) is 0 Å². The number of nitrogens with one attached hydrogen (secondary N) is 2. The van der Waals surface area contributed by atoms with Crippen LogP contribution >= 0.6 is 0 Å². The maximum atomic E-state index is 10.9. The molecule has 0 radical (unpaired) electrons. The Morgan fingerprint density at radius 1 is 1.32 bits per heavy atom. The van der Waals surface area contributed by atoms with Crippen molar-refractivity contribution in [1.82, 2.24) is 5.32 Å². The van der Waals surface area contributed by atoms with Crippen LogP contribution in [-0.4, -0.2) is 23.6 Å². The van der Waals surface area contributed by atoms with Crippen LogP contribution in [0.3, 0.4) is 0 Å². The summed E-state index contributed by atoms with van der Waals surface area (Å²) < 4.78 is 0. The van der Waals surface area contributed by atoms with Gasteiger partial charge in [0.1, 0.15) is 0 Å². The van der Waals surface area contributed by atoms with Gasteiger partial charge in [0.25, 0.3) is 0 Å². The van der Waals surface area contributed by atoms with Gasteiger partial charge in [-0.3, -0.25) is 4.79 Å². The molecule has 1 fully saturated rings. The number of rotatable bonds is 5. The van der Waals surface area contributed by atoms with Crippen molar-refractivity contribution < 1.29 is 9.90 Å². The van der Waals surface area contributed by atoms with Gasteiger partial charge in [0, 0.05) is 25.2 Å². The van der Waals surface area contributed by atoms with E-state index in [4.69, 9.17) is 0 Å². The van der Waals surface area contributed by atoms with E-state index in [2.05, 4.69) is 10.6 Å². The summed E-state index contributed by atoms with van der Waals surface area (Å²) in [7, 11) is 0. The number of anilines is 1. The summed E-state index contributed by atoms with van der Waals surface area (Å²) in [6.45, 7) is 2.07. The zero-order chi connectivity index (χ0) is 13.7. The molecule has 0 bridgehead atoms. The highest BCUT2D eigenvalue weighted by atomic mass is 16.3. The molecule has 1 saturated carbocycles. The third-order valence-corrected chi connectivity index (χ3v) is 3.57. The Kier molecular flexibility index (Phi) is 4.93. The fraction of sp³-hybridized carbons (Fsp3) is 0.533. The summed E-state index contributed by atoms with van der Waals surface area (Å²) in [6, 6.07) is 7.90. The van der Waals surface area contributed by atoms with E-state index in [-0.39, 0.29) is 5.91 Å². The van der Waals surface area contributed by atoms with E-state index in [9.17, 15) is 9.90 Å². The molecule has 4 nitrogen and oxygen atoms in total. The van der Waals surface area contributed by atoms with E-state index < -0.39 is 6.10 Å². The van der Waals surface area contributed by atoms with Gasteiger partial charge in [-0.25, -0.2) is 0 Å². The first-order valence-electron chi connectivity index (χ1n) is 6.94. The molecule has 1 amide bonds. The molecular weight excluding hydrogens is 240 g/mol. The number of aliphatic hydroxyl groups excluding tert-OH is 1. The lowest BCUT2D eigenvalue weighted by Crippen LogP contribution is -2.30. The topological polar surface area (TPSA) is 61.4 Å². The molecule has 19 heavy (non-hydrogen) atoms. The Bertz CT molecular complexity index is 411. The van der Waals surface area contributed by atoms with Crippen molar-refractivity contribution in [1.29, 1.82) is 0 Å². The van der Waals surface area contributed by atoms with Gasteiger partial charge >= 0.3 is 0 Å². The van der Waals surface area contributed by atoms with Crippen LogP contribution in [0.25, 0.3) is 0 Å². The molecule has 0 saturated heterocycles. The highest BCUT2D eigenvalue weighted by Gasteiger charge is 2.16. The Hall–Kier alpha value is -1.39. The van der Waals surface area contributed by atoms with Crippen molar-refractivity contribution in [2.45, 2.75) is 44.8 Å². The molecule has 1 aliphatic rings. The molecule has 1 atom stereocenters. The Labute approximate surface area is 114 Å². The summed E-state index contributed by atoms with van der Waals surface area (Å²) in [5.74, 6) is -0.0869. The van der Waals surface area contributed by atoms with Crippen molar-refractivity contribution in [3.8, 4) is 0 Å². The van der Waals surface area contributed by atoms with E-state index >= 15 is 0 Å². The number of carbonyl (C=O) groups is 1. The Balaban J connectivity index is 1.84. The van der Waals surface area contributed by atoms with Gasteiger partial charge in [0.15, 0.2) is 0 Å². The lowest BCUT2D eigenvalue weighted by atomic mass is 10.1. The fourth-order valence-corrected chi connectivity index (χ4v) is 2.52. The van der Waals surface area contributed by atoms with Gasteiger partial charge in [-0.2, -0.15) is 0 Å².